The van der Waals surface area contributed by atoms with E-state index in [-0.39, 0.29) is 11.8 Å². The van der Waals surface area contributed by atoms with Crippen LogP contribution in [0.4, 0.5) is 0 Å². The van der Waals surface area contributed by atoms with Crippen molar-refractivity contribution in [3.8, 4) is 0 Å². The normalized spacial score (nSPS) is 16.0. The molecule has 2 N–H and O–H groups in total. The van der Waals surface area contributed by atoms with Crippen molar-refractivity contribution in [1.82, 2.24) is 10.3 Å². The molecule has 0 spiro atoms. The average Bonchev–Trinajstić information content (AvgIpc) is 3.10. The van der Waals surface area contributed by atoms with Gasteiger partial charge in [-0.1, -0.05) is 13.8 Å². The van der Waals surface area contributed by atoms with E-state index in [1.165, 1.54) is 24.2 Å². The molecule has 1 heterocycles. The first-order chi connectivity index (χ1) is 9.86. The Morgan fingerprint density at radius 1 is 1.43 bits per heavy atom. The second-order valence-electron chi connectivity index (χ2n) is 6.16. The zero-order valence-corrected chi connectivity index (χ0v) is 13.5. The Balaban J connectivity index is 2.03. The minimum atomic E-state index is -0.988. The van der Waals surface area contributed by atoms with Gasteiger partial charge in [-0.25, -0.2) is 9.78 Å². The maximum absolute atomic E-state index is 12.3. The number of nitrogens with zero attached hydrogens (tertiary/aromatic N) is 1. The van der Waals surface area contributed by atoms with Gasteiger partial charge in [-0.2, -0.15) is 0 Å². The molecule has 1 saturated carbocycles. The van der Waals surface area contributed by atoms with Crippen LogP contribution in [0, 0.1) is 18.8 Å². The maximum Gasteiger partial charge on any atom is 0.326 e. The first-order valence-corrected chi connectivity index (χ1v) is 8.18. The summed E-state index contributed by atoms with van der Waals surface area (Å²) in [6.45, 7) is 5.68. The number of hydrogen-bond acceptors (Lipinski definition) is 4. The topological polar surface area (TPSA) is 79.3 Å². The number of carbonyl (C=O) groups excluding carboxylic acids is 1. The largest absolute Gasteiger partial charge is 0.480 e. The van der Waals surface area contributed by atoms with Crippen LogP contribution >= 0.6 is 11.3 Å². The summed E-state index contributed by atoms with van der Waals surface area (Å²) in [5.41, 5.74) is 0.696. The van der Waals surface area contributed by atoms with Crippen molar-refractivity contribution in [2.75, 3.05) is 0 Å². The molecule has 1 atom stereocenters. The number of aryl methyl sites for hydroxylation is 1. The highest BCUT2D eigenvalue weighted by atomic mass is 32.1. The van der Waals surface area contributed by atoms with Crippen LogP contribution < -0.4 is 5.32 Å². The molecule has 0 bridgehead atoms. The Kier molecular flexibility index (Phi) is 4.98. The summed E-state index contributed by atoms with van der Waals surface area (Å²) in [5, 5.41) is 12.8. The van der Waals surface area contributed by atoms with Gasteiger partial charge in [0.1, 0.15) is 10.9 Å². The van der Waals surface area contributed by atoms with E-state index in [4.69, 9.17) is 0 Å². The van der Waals surface area contributed by atoms with Gasteiger partial charge >= 0.3 is 5.97 Å². The summed E-state index contributed by atoms with van der Waals surface area (Å²) in [7, 11) is 0. The number of nitrogens with one attached hydrogen (secondary N) is 1. The molecular formula is C15H22N2O3S. The summed E-state index contributed by atoms with van der Waals surface area (Å²) in [6, 6.07) is -0.842. The fraction of sp³-hybridized carbons (Fsp3) is 0.667. The summed E-state index contributed by atoms with van der Waals surface area (Å²) >= 11 is 1.39. The van der Waals surface area contributed by atoms with Crippen molar-refractivity contribution in [3.63, 3.8) is 0 Å². The van der Waals surface area contributed by atoms with Crippen molar-refractivity contribution >= 4 is 23.2 Å². The molecule has 0 radical (unpaired) electrons. The standard InChI is InChI=1S/C15H22N2O3S/c1-8(2)6-11(15(19)20)17-14(18)13-9(3)16-12(21-13)7-10-4-5-10/h8,10-11H,4-7H2,1-3H3,(H,17,18)(H,19,20). The Morgan fingerprint density at radius 3 is 2.62 bits per heavy atom. The highest BCUT2D eigenvalue weighted by molar-refractivity contribution is 7.13. The summed E-state index contributed by atoms with van der Waals surface area (Å²) in [5.74, 6) is -0.379. The van der Waals surface area contributed by atoms with Gasteiger partial charge in [-0.05, 0) is 38.0 Å². The molecule has 6 heteroatoms. The van der Waals surface area contributed by atoms with E-state index in [0.29, 0.717) is 17.0 Å². The van der Waals surface area contributed by atoms with Gasteiger partial charge in [-0.3, -0.25) is 4.79 Å². The van der Waals surface area contributed by atoms with Crippen LogP contribution in [-0.2, 0) is 11.2 Å². The predicted octanol–water partition coefficient (Wildman–Crippen LogP) is 2.63. The third-order valence-corrected chi connectivity index (χ3v) is 4.70. The number of hydrogen-bond donors (Lipinski definition) is 2. The molecule has 1 amide bonds. The Morgan fingerprint density at radius 2 is 2.10 bits per heavy atom. The van der Waals surface area contributed by atoms with Crippen molar-refractivity contribution in [1.29, 1.82) is 0 Å². The number of aliphatic carboxylic acids is 1. The van der Waals surface area contributed by atoms with Crippen LogP contribution in [-0.4, -0.2) is 28.0 Å². The van der Waals surface area contributed by atoms with Crippen LogP contribution in [0.1, 0.15) is 53.5 Å². The van der Waals surface area contributed by atoms with Gasteiger partial charge in [0, 0.05) is 6.42 Å². The lowest BCUT2D eigenvalue weighted by Gasteiger charge is -2.15. The van der Waals surface area contributed by atoms with Crippen molar-refractivity contribution in [2.45, 2.75) is 52.5 Å². The third-order valence-electron chi connectivity index (χ3n) is 3.52. The van der Waals surface area contributed by atoms with Gasteiger partial charge in [0.05, 0.1) is 10.7 Å². The van der Waals surface area contributed by atoms with Gasteiger partial charge < -0.3 is 10.4 Å². The fourth-order valence-electron chi connectivity index (χ4n) is 2.24. The Hall–Kier alpha value is -1.43. The quantitative estimate of drug-likeness (QED) is 0.811. The molecule has 1 aromatic rings. The highest BCUT2D eigenvalue weighted by Crippen LogP contribution is 2.34. The zero-order chi connectivity index (χ0) is 15.6. The number of carboxylic acids is 1. The molecular weight excluding hydrogens is 288 g/mol. The predicted molar refractivity (Wildman–Crippen MR) is 81.6 cm³/mol. The van der Waals surface area contributed by atoms with E-state index < -0.39 is 12.0 Å². The van der Waals surface area contributed by atoms with E-state index in [9.17, 15) is 14.7 Å². The summed E-state index contributed by atoms with van der Waals surface area (Å²) in [4.78, 5) is 28.5. The monoisotopic (exact) mass is 310 g/mol. The van der Waals surface area contributed by atoms with Crippen molar-refractivity contribution < 1.29 is 14.7 Å². The van der Waals surface area contributed by atoms with E-state index in [1.807, 2.05) is 13.8 Å². The molecule has 1 aliphatic rings. The zero-order valence-electron chi connectivity index (χ0n) is 12.7. The fourth-order valence-corrected chi connectivity index (χ4v) is 3.32. The molecule has 116 valence electrons. The van der Waals surface area contributed by atoms with E-state index in [0.717, 1.165) is 17.3 Å². The van der Waals surface area contributed by atoms with Crippen LogP contribution in [0.3, 0.4) is 0 Å². The molecule has 1 aromatic heterocycles. The molecule has 1 unspecified atom stereocenters. The maximum atomic E-state index is 12.3. The number of carboxylic acid groups (broad SMARTS) is 1. The second-order valence-corrected chi connectivity index (χ2v) is 7.25. The summed E-state index contributed by atoms with van der Waals surface area (Å²) in [6.07, 6.45) is 3.85. The Bertz CT molecular complexity index is 535. The lowest BCUT2D eigenvalue weighted by molar-refractivity contribution is -0.139. The van der Waals surface area contributed by atoms with Crippen LogP contribution in [0.15, 0.2) is 0 Å². The minimum Gasteiger partial charge on any atom is -0.480 e. The second kappa shape index (κ2) is 6.56. The van der Waals surface area contributed by atoms with E-state index >= 15 is 0 Å². The van der Waals surface area contributed by atoms with Crippen molar-refractivity contribution in [2.24, 2.45) is 11.8 Å². The smallest absolute Gasteiger partial charge is 0.326 e. The summed E-state index contributed by atoms with van der Waals surface area (Å²) < 4.78 is 0. The Labute approximate surface area is 128 Å². The van der Waals surface area contributed by atoms with Crippen molar-refractivity contribution in [3.05, 3.63) is 15.6 Å². The molecule has 1 aliphatic carbocycles. The lowest BCUT2D eigenvalue weighted by Crippen LogP contribution is -2.41. The number of thiazole rings is 1. The van der Waals surface area contributed by atoms with Gasteiger partial charge in [0.2, 0.25) is 0 Å². The van der Waals surface area contributed by atoms with Gasteiger partial charge in [0.25, 0.3) is 5.91 Å². The molecule has 5 nitrogen and oxygen atoms in total. The number of amides is 1. The highest BCUT2D eigenvalue weighted by Gasteiger charge is 2.26. The number of aromatic nitrogens is 1. The molecule has 0 aliphatic heterocycles. The first-order valence-electron chi connectivity index (χ1n) is 7.36. The number of carbonyl (C=O) groups is 2. The van der Waals surface area contributed by atoms with Gasteiger partial charge in [-0.15, -0.1) is 11.3 Å². The SMILES string of the molecule is Cc1nc(CC2CC2)sc1C(=O)NC(CC(C)C)C(=O)O. The molecule has 21 heavy (non-hydrogen) atoms. The minimum absolute atomic E-state index is 0.208. The van der Waals surface area contributed by atoms with Crippen LogP contribution in [0.2, 0.25) is 0 Å². The molecule has 0 aromatic carbocycles. The van der Waals surface area contributed by atoms with E-state index in [2.05, 4.69) is 10.3 Å². The molecule has 0 saturated heterocycles. The average molecular weight is 310 g/mol. The van der Waals surface area contributed by atoms with Crippen LogP contribution in [0.25, 0.3) is 0 Å². The van der Waals surface area contributed by atoms with E-state index in [1.54, 1.807) is 6.92 Å². The first kappa shape index (κ1) is 15.9. The lowest BCUT2D eigenvalue weighted by atomic mass is 10.0. The molecule has 2 rings (SSSR count). The molecule has 1 fully saturated rings. The van der Waals surface area contributed by atoms with Gasteiger partial charge in [0.15, 0.2) is 0 Å². The third kappa shape index (κ3) is 4.52. The number of rotatable bonds is 7. The van der Waals surface area contributed by atoms with Crippen LogP contribution in [0.5, 0.6) is 0 Å².